The molecule has 3 amide bonds. The second-order valence-electron chi connectivity index (χ2n) is 3.37. The second kappa shape index (κ2) is 4.46. The zero-order chi connectivity index (χ0) is 12.4. The molecule has 1 aromatic carbocycles. The number of primary amides is 1. The summed E-state index contributed by atoms with van der Waals surface area (Å²) in [7, 11) is 0. The number of benzene rings is 1. The summed E-state index contributed by atoms with van der Waals surface area (Å²) in [6.07, 6.45) is 0. The molecule has 0 fully saturated rings. The molecule has 0 radical (unpaired) electrons. The molecular formula is C10H9N3O3S. The number of anilines is 2. The first-order valence-corrected chi connectivity index (χ1v) is 5.72. The molecule has 0 unspecified atom stereocenters. The SMILES string of the molecule is NC(=O)C(=O)Nc1ccc2c(c1)NC(=O)CS2. The fourth-order valence-electron chi connectivity index (χ4n) is 1.35. The van der Waals surface area contributed by atoms with E-state index < -0.39 is 11.8 Å². The maximum atomic E-state index is 11.2. The van der Waals surface area contributed by atoms with Crippen molar-refractivity contribution in [1.29, 1.82) is 0 Å². The van der Waals surface area contributed by atoms with Crippen LogP contribution < -0.4 is 16.4 Å². The minimum atomic E-state index is -1.05. The van der Waals surface area contributed by atoms with Crippen LogP contribution in [0, 0.1) is 0 Å². The van der Waals surface area contributed by atoms with Gasteiger partial charge in [-0.2, -0.15) is 0 Å². The minimum absolute atomic E-state index is 0.0964. The highest BCUT2D eigenvalue weighted by molar-refractivity contribution is 8.00. The smallest absolute Gasteiger partial charge is 0.313 e. The van der Waals surface area contributed by atoms with Crippen LogP contribution in [-0.4, -0.2) is 23.5 Å². The van der Waals surface area contributed by atoms with E-state index in [1.165, 1.54) is 11.8 Å². The van der Waals surface area contributed by atoms with Gasteiger partial charge in [0.2, 0.25) is 5.91 Å². The summed E-state index contributed by atoms with van der Waals surface area (Å²) in [5.41, 5.74) is 5.85. The van der Waals surface area contributed by atoms with Gasteiger partial charge in [0.15, 0.2) is 0 Å². The van der Waals surface area contributed by atoms with E-state index in [2.05, 4.69) is 10.6 Å². The maximum Gasteiger partial charge on any atom is 0.313 e. The summed E-state index contributed by atoms with van der Waals surface area (Å²) in [6, 6.07) is 4.99. The number of hydrogen-bond donors (Lipinski definition) is 3. The Hall–Kier alpha value is -2.02. The number of rotatable bonds is 1. The molecule has 1 aromatic rings. The average Bonchev–Trinajstić information content (AvgIpc) is 2.28. The van der Waals surface area contributed by atoms with Gasteiger partial charge in [-0.3, -0.25) is 14.4 Å². The summed E-state index contributed by atoms with van der Waals surface area (Å²) < 4.78 is 0. The molecule has 88 valence electrons. The van der Waals surface area contributed by atoms with Crippen molar-refractivity contribution in [2.45, 2.75) is 4.90 Å². The van der Waals surface area contributed by atoms with Crippen LogP contribution in [0.15, 0.2) is 23.1 Å². The van der Waals surface area contributed by atoms with Gasteiger partial charge < -0.3 is 16.4 Å². The molecule has 1 aliphatic rings. The second-order valence-corrected chi connectivity index (χ2v) is 4.38. The summed E-state index contributed by atoms with van der Waals surface area (Å²) >= 11 is 1.41. The van der Waals surface area contributed by atoms with Gasteiger partial charge in [0.1, 0.15) is 0 Å². The van der Waals surface area contributed by atoms with Gasteiger partial charge in [0.25, 0.3) is 0 Å². The van der Waals surface area contributed by atoms with Crippen LogP contribution >= 0.6 is 11.8 Å². The average molecular weight is 251 g/mol. The third-order valence-corrected chi connectivity index (χ3v) is 3.17. The first kappa shape index (κ1) is 11.5. The number of carbonyl (C=O) groups is 3. The Kier molecular flexibility index (Phi) is 3.01. The van der Waals surface area contributed by atoms with E-state index in [0.29, 0.717) is 17.1 Å². The topological polar surface area (TPSA) is 101 Å². The molecule has 1 heterocycles. The number of nitrogens with two attached hydrogens (primary N) is 1. The lowest BCUT2D eigenvalue weighted by Crippen LogP contribution is -2.29. The monoisotopic (exact) mass is 251 g/mol. The molecular weight excluding hydrogens is 242 g/mol. The summed E-state index contributed by atoms with van der Waals surface area (Å²) in [4.78, 5) is 33.7. The Morgan fingerprint density at radius 3 is 2.88 bits per heavy atom. The highest BCUT2D eigenvalue weighted by atomic mass is 32.2. The molecule has 0 saturated carbocycles. The Morgan fingerprint density at radius 1 is 1.41 bits per heavy atom. The number of fused-ring (bicyclic) bond motifs is 1. The Bertz CT molecular complexity index is 516. The van der Waals surface area contributed by atoms with Crippen LogP contribution in [-0.2, 0) is 14.4 Å². The first-order chi connectivity index (χ1) is 8.06. The van der Waals surface area contributed by atoms with Crippen molar-refractivity contribution in [3.8, 4) is 0 Å². The maximum absolute atomic E-state index is 11.2. The van der Waals surface area contributed by atoms with Gasteiger partial charge in [-0.25, -0.2) is 0 Å². The fraction of sp³-hybridized carbons (Fsp3) is 0.100. The van der Waals surface area contributed by atoms with Crippen LogP contribution in [0.5, 0.6) is 0 Å². The van der Waals surface area contributed by atoms with Gasteiger partial charge in [-0.15, -0.1) is 11.8 Å². The number of nitrogens with one attached hydrogen (secondary N) is 2. The van der Waals surface area contributed by atoms with Gasteiger partial charge >= 0.3 is 11.8 Å². The third kappa shape index (κ3) is 2.56. The van der Waals surface area contributed by atoms with Crippen LogP contribution in [0.1, 0.15) is 0 Å². The Morgan fingerprint density at radius 2 is 2.18 bits per heavy atom. The number of hydrogen-bond acceptors (Lipinski definition) is 4. The van der Waals surface area contributed by atoms with E-state index in [9.17, 15) is 14.4 Å². The van der Waals surface area contributed by atoms with E-state index >= 15 is 0 Å². The van der Waals surface area contributed by atoms with Crippen molar-refractivity contribution < 1.29 is 14.4 Å². The summed E-state index contributed by atoms with van der Waals surface area (Å²) in [6.45, 7) is 0. The molecule has 6 nitrogen and oxygen atoms in total. The lowest BCUT2D eigenvalue weighted by Gasteiger charge is -2.17. The van der Waals surface area contributed by atoms with E-state index in [1.807, 2.05) is 0 Å². The largest absolute Gasteiger partial charge is 0.361 e. The van der Waals surface area contributed by atoms with Crippen LogP contribution in [0.25, 0.3) is 0 Å². The highest BCUT2D eigenvalue weighted by Crippen LogP contribution is 2.33. The van der Waals surface area contributed by atoms with Crippen molar-refractivity contribution >= 4 is 40.9 Å². The van der Waals surface area contributed by atoms with Crippen molar-refractivity contribution in [1.82, 2.24) is 0 Å². The molecule has 0 saturated heterocycles. The van der Waals surface area contributed by atoms with E-state index in [1.54, 1.807) is 18.2 Å². The number of amides is 3. The molecule has 0 aromatic heterocycles. The van der Waals surface area contributed by atoms with Gasteiger partial charge in [0, 0.05) is 10.6 Å². The molecule has 0 atom stereocenters. The van der Waals surface area contributed by atoms with Gasteiger partial charge in [-0.05, 0) is 18.2 Å². The molecule has 7 heteroatoms. The summed E-state index contributed by atoms with van der Waals surface area (Å²) in [5.74, 6) is -1.67. The van der Waals surface area contributed by atoms with Crippen LogP contribution in [0.2, 0.25) is 0 Å². The predicted molar refractivity (Wildman–Crippen MR) is 63.6 cm³/mol. The molecule has 1 aliphatic heterocycles. The zero-order valence-electron chi connectivity index (χ0n) is 8.65. The van der Waals surface area contributed by atoms with Crippen LogP contribution in [0.3, 0.4) is 0 Å². The molecule has 0 bridgehead atoms. The van der Waals surface area contributed by atoms with Crippen molar-refractivity contribution in [3.63, 3.8) is 0 Å². The fourth-order valence-corrected chi connectivity index (χ4v) is 2.14. The zero-order valence-corrected chi connectivity index (χ0v) is 9.47. The summed E-state index contributed by atoms with van der Waals surface area (Å²) in [5, 5.41) is 5.01. The highest BCUT2D eigenvalue weighted by Gasteiger charge is 2.16. The number of carbonyl (C=O) groups excluding carboxylic acids is 3. The molecule has 17 heavy (non-hydrogen) atoms. The molecule has 4 N–H and O–H groups in total. The van der Waals surface area contributed by atoms with Crippen molar-refractivity contribution in [2.75, 3.05) is 16.4 Å². The lowest BCUT2D eigenvalue weighted by molar-refractivity contribution is -0.134. The minimum Gasteiger partial charge on any atom is -0.361 e. The molecule has 0 aliphatic carbocycles. The Balaban J connectivity index is 2.21. The van der Waals surface area contributed by atoms with E-state index in [-0.39, 0.29) is 5.91 Å². The third-order valence-electron chi connectivity index (χ3n) is 2.09. The Labute approximate surface area is 101 Å². The predicted octanol–water partition coefficient (Wildman–Crippen LogP) is 0.155. The number of thioether (sulfide) groups is 1. The normalized spacial score (nSPS) is 13.5. The first-order valence-electron chi connectivity index (χ1n) is 4.74. The molecule has 2 rings (SSSR count). The standard InChI is InChI=1S/C10H9N3O3S/c11-9(15)10(16)12-5-1-2-7-6(3-5)13-8(14)4-17-7/h1-3H,4H2,(H2,11,15)(H,12,16)(H,13,14). The van der Waals surface area contributed by atoms with Gasteiger partial charge in [-0.1, -0.05) is 0 Å². The molecule has 0 spiro atoms. The van der Waals surface area contributed by atoms with Gasteiger partial charge in [0.05, 0.1) is 11.4 Å². The van der Waals surface area contributed by atoms with E-state index in [0.717, 1.165) is 4.90 Å². The van der Waals surface area contributed by atoms with E-state index in [4.69, 9.17) is 5.73 Å². The van der Waals surface area contributed by atoms with Crippen molar-refractivity contribution in [2.24, 2.45) is 5.73 Å². The quantitative estimate of drug-likeness (QED) is 0.618. The lowest BCUT2D eigenvalue weighted by atomic mass is 10.2. The van der Waals surface area contributed by atoms with Crippen molar-refractivity contribution in [3.05, 3.63) is 18.2 Å². The van der Waals surface area contributed by atoms with Crippen LogP contribution in [0.4, 0.5) is 11.4 Å².